The van der Waals surface area contributed by atoms with Gasteiger partial charge in [0.1, 0.15) is 0 Å². The molecule has 6 nitrogen and oxygen atoms in total. The predicted molar refractivity (Wildman–Crippen MR) is 109 cm³/mol. The van der Waals surface area contributed by atoms with E-state index in [1.807, 2.05) is 54.9 Å². The predicted octanol–water partition coefficient (Wildman–Crippen LogP) is 3.69. The number of carbonyl (C=O) groups excluding carboxylic acids is 1. The van der Waals surface area contributed by atoms with E-state index in [-0.39, 0.29) is 11.7 Å². The summed E-state index contributed by atoms with van der Waals surface area (Å²) < 4.78 is 1.85. The monoisotopic (exact) mass is 399 g/mol. The number of carbonyl (C=O) groups is 1. The second-order valence-electron chi connectivity index (χ2n) is 5.81. The Morgan fingerprint density at radius 1 is 1.22 bits per heavy atom. The molecule has 0 saturated heterocycles. The molecule has 0 unspecified atom stereocenters. The van der Waals surface area contributed by atoms with Crippen LogP contribution in [0.2, 0.25) is 5.02 Å². The maximum atomic E-state index is 12.0. The number of hydrogen-bond acceptors (Lipinski definition) is 5. The molecule has 0 saturated carbocycles. The maximum Gasteiger partial charge on any atom is 0.250 e. The molecule has 0 aliphatic rings. The van der Waals surface area contributed by atoms with E-state index < -0.39 is 0 Å². The van der Waals surface area contributed by atoms with Gasteiger partial charge in [0.25, 0.3) is 5.91 Å². The van der Waals surface area contributed by atoms with Crippen LogP contribution in [0, 0.1) is 6.92 Å². The highest BCUT2D eigenvalue weighted by Gasteiger charge is 2.12. The van der Waals surface area contributed by atoms with Crippen LogP contribution < -0.4 is 5.43 Å². The average molecular weight is 400 g/mol. The van der Waals surface area contributed by atoms with Gasteiger partial charge in [-0.3, -0.25) is 4.79 Å². The highest BCUT2D eigenvalue weighted by atomic mass is 35.5. The fourth-order valence-corrected chi connectivity index (χ4v) is 3.19. The Bertz CT molecular complexity index is 968. The van der Waals surface area contributed by atoms with Gasteiger partial charge in [0.05, 0.1) is 12.0 Å². The molecule has 0 aliphatic heterocycles. The molecule has 0 fully saturated rings. The number of hydrazone groups is 1. The van der Waals surface area contributed by atoms with E-state index in [4.69, 9.17) is 11.6 Å². The standard InChI is InChI=1S/C19H18ClN5OS/c1-13-5-3-4-6-15(13)11-21-22-17(26)12-27-19-24-23-18(25(19)2)14-7-9-16(20)10-8-14/h3-11H,12H2,1-2H3,(H,22,26)/b21-11-. The van der Waals surface area contributed by atoms with Crippen LogP contribution >= 0.6 is 23.4 Å². The summed E-state index contributed by atoms with van der Waals surface area (Å²) in [6.07, 6.45) is 1.64. The molecular formula is C19H18ClN5OS. The zero-order valence-electron chi connectivity index (χ0n) is 14.9. The average Bonchev–Trinajstić information content (AvgIpc) is 3.03. The van der Waals surface area contributed by atoms with Gasteiger partial charge in [-0.05, 0) is 42.3 Å². The first kappa shape index (κ1) is 19.1. The summed E-state index contributed by atoms with van der Waals surface area (Å²) >= 11 is 7.22. The zero-order chi connectivity index (χ0) is 19.2. The van der Waals surface area contributed by atoms with Crippen LogP contribution in [-0.4, -0.2) is 32.6 Å². The van der Waals surface area contributed by atoms with Crippen molar-refractivity contribution in [2.45, 2.75) is 12.1 Å². The minimum Gasteiger partial charge on any atom is -0.305 e. The number of amides is 1. The fraction of sp³-hybridized carbons (Fsp3) is 0.158. The lowest BCUT2D eigenvalue weighted by Gasteiger charge is -2.04. The number of nitrogens with zero attached hydrogens (tertiary/aromatic N) is 4. The molecule has 0 bridgehead atoms. The van der Waals surface area contributed by atoms with E-state index in [9.17, 15) is 4.79 Å². The quantitative estimate of drug-likeness (QED) is 0.390. The van der Waals surface area contributed by atoms with Crippen LogP contribution in [0.15, 0.2) is 58.8 Å². The van der Waals surface area contributed by atoms with E-state index in [1.54, 1.807) is 18.3 Å². The molecule has 8 heteroatoms. The van der Waals surface area contributed by atoms with Crippen LogP contribution in [0.4, 0.5) is 0 Å². The van der Waals surface area contributed by atoms with Gasteiger partial charge in [-0.2, -0.15) is 5.10 Å². The van der Waals surface area contributed by atoms with Gasteiger partial charge in [-0.25, -0.2) is 5.43 Å². The molecule has 1 N–H and O–H groups in total. The third kappa shape index (κ3) is 4.96. The molecule has 3 aromatic rings. The molecule has 0 spiro atoms. The second kappa shape index (κ2) is 8.83. The number of hydrogen-bond donors (Lipinski definition) is 1. The van der Waals surface area contributed by atoms with Crippen molar-refractivity contribution in [1.82, 2.24) is 20.2 Å². The van der Waals surface area contributed by atoms with Crippen molar-refractivity contribution in [2.75, 3.05) is 5.75 Å². The first-order valence-electron chi connectivity index (χ1n) is 8.20. The number of thioether (sulfide) groups is 1. The summed E-state index contributed by atoms with van der Waals surface area (Å²) in [7, 11) is 1.86. The van der Waals surface area contributed by atoms with Gasteiger partial charge in [-0.1, -0.05) is 47.6 Å². The largest absolute Gasteiger partial charge is 0.305 e. The third-order valence-corrected chi connectivity index (χ3v) is 5.12. The smallest absolute Gasteiger partial charge is 0.250 e. The van der Waals surface area contributed by atoms with Gasteiger partial charge in [-0.15, -0.1) is 10.2 Å². The summed E-state index contributed by atoms with van der Waals surface area (Å²) in [6, 6.07) is 15.2. The molecule has 2 aromatic carbocycles. The summed E-state index contributed by atoms with van der Waals surface area (Å²) in [6.45, 7) is 1.99. The Balaban J connectivity index is 1.56. The van der Waals surface area contributed by atoms with E-state index >= 15 is 0 Å². The molecule has 0 atom stereocenters. The molecular weight excluding hydrogens is 382 g/mol. The van der Waals surface area contributed by atoms with Crippen molar-refractivity contribution in [3.63, 3.8) is 0 Å². The summed E-state index contributed by atoms with van der Waals surface area (Å²) in [5.74, 6) is 0.700. The van der Waals surface area contributed by atoms with Crippen molar-refractivity contribution in [2.24, 2.45) is 12.1 Å². The summed E-state index contributed by atoms with van der Waals surface area (Å²) in [5.41, 5.74) is 5.50. The lowest BCUT2D eigenvalue weighted by Crippen LogP contribution is -2.20. The first-order valence-corrected chi connectivity index (χ1v) is 9.56. The minimum atomic E-state index is -0.208. The summed E-state index contributed by atoms with van der Waals surface area (Å²) in [4.78, 5) is 12.0. The normalized spacial score (nSPS) is 11.1. The zero-order valence-corrected chi connectivity index (χ0v) is 16.5. The highest BCUT2D eigenvalue weighted by molar-refractivity contribution is 7.99. The molecule has 1 amide bonds. The number of aryl methyl sites for hydroxylation is 1. The van der Waals surface area contributed by atoms with Gasteiger partial charge in [0, 0.05) is 17.6 Å². The highest BCUT2D eigenvalue weighted by Crippen LogP contribution is 2.23. The first-order chi connectivity index (χ1) is 13.0. The number of halogens is 1. The number of rotatable bonds is 6. The second-order valence-corrected chi connectivity index (χ2v) is 7.19. The Morgan fingerprint density at radius 3 is 2.70 bits per heavy atom. The van der Waals surface area contributed by atoms with Crippen molar-refractivity contribution < 1.29 is 4.79 Å². The van der Waals surface area contributed by atoms with Crippen LogP contribution in [-0.2, 0) is 11.8 Å². The molecule has 27 heavy (non-hydrogen) atoms. The van der Waals surface area contributed by atoms with Gasteiger partial charge < -0.3 is 4.57 Å². The Hall–Kier alpha value is -2.64. The van der Waals surface area contributed by atoms with Gasteiger partial charge in [0.15, 0.2) is 11.0 Å². The van der Waals surface area contributed by atoms with Gasteiger partial charge in [0.2, 0.25) is 0 Å². The van der Waals surface area contributed by atoms with Crippen LogP contribution in [0.25, 0.3) is 11.4 Å². The van der Waals surface area contributed by atoms with Crippen molar-refractivity contribution in [3.8, 4) is 11.4 Å². The Labute approximate surface area is 166 Å². The van der Waals surface area contributed by atoms with Crippen molar-refractivity contribution >= 4 is 35.5 Å². The van der Waals surface area contributed by atoms with Crippen LogP contribution in [0.3, 0.4) is 0 Å². The fourth-order valence-electron chi connectivity index (χ4n) is 2.36. The van der Waals surface area contributed by atoms with Crippen molar-refractivity contribution in [1.29, 1.82) is 0 Å². The molecule has 138 valence electrons. The lowest BCUT2D eigenvalue weighted by molar-refractivity contribution is -0.118. The van der Waals surface area contributed by atoms with E-state index in [1.165, 1.54) is 11.8 Å². The Kier molecular flexibility index (Phi) is 6.26. The molecule has 0 aliphatic carbocycles. The lowest BCUT2D eigenvalue weighted by atomic mass is 10.1. The van der Waals surface area contributed by atoms with Gasteiger partial charge >= 0.3 is 0 Å². The van der Waals surface area contributed by atoms with E-state index in [2.05, 4.69) is 20.7 Å². The summed E-state index contributed by atoms with van der Waals surface area (Å²) in [5, 5.41) is 13.7. The number of nitrogens with one attached hydrogen (secondary N) is 1. The topological polar surface area (TPSA) is 72.2 Å². The third-order valence-electron chi connectivity index (χ3n) is 3.85. The molecule has 1 aromatic heterocycles. The Morgan fingerprint density at radius 2 is 1.96 bits per heavy atom. The van der Waals surface area contributed by atoms with E-state index in [0.717, 1.165) is 16.7 Å². The SMILES string of the molecule is Cc1ccccc1/C=N\NC(=O)CSc1nnc(-c2ccc(Cl)cc2)n1C. The number of aromatic nitrogens is 3. The molecule has 1 heterocycles. The molecule has 0 radical (unpaired) electrons. The van der Waals surface area contributed by atoms with E-state index in [0.29, 0.717) is 16.0 Å². The van der Waals surface area contributed by atoms with Crippen molar-refractivity contribution in [3.05, 3.63) is 64.7 Å². The van der Waals surface area contributed by atoms with Crippen LogP contribution in [0.5, 0.6) is 0 Å². The van der Waals surface area contributed by atoms with Crippen LogP contribution in [0.1, 0.15) is 11.1 Å². The molecule has 3 rings (SSSR count). The minimum absolute atomic E-state index is 0.192. The maximum absolute atomic E-state index is 12.0. The number of benzene rings is 2.